The number of hydrogen-bond acceptors (Lipinski definition) is 3. The van der Waals surface area contributed by atoms with Crippen LogP contribution in [0.2, 0.25) is 0 Å². The van der Waals surface area contributed by atoms with Gasteiger partial charge in [-0.05, 0) is 38.3 Å². The standard InChI is InChI=1S/C16H24N2O/c1-12-10-18(11-13(2)19-12)16-6-4-3-5-14(16)9-17-15-7-8-15/h3-6,12-13,15,17H,7-11H2,1-2H3/t12-,13-/m1/s1. The minimum Gasteiger partial charge on any atom is -0.372 e. The zero-order valence-electron chi connectivity index (χ0n) is 11.9. The van der Waals surface area contributed by atoms with Crippen molar-refractivity contribution in [1.82, 2.24) is 5.32 Å². The predicted molar refractivity (Wildman–Crippen MR) is 78.5 cm³/mol. The second kappa shape index (κ2) is 5.51. The van der Waals surface area contributed by atoms with E-state index in [0.717, 1.165) is 25.7 Å². The number of anilines is 1. The summed E-state index contributed by atoms with van der Waals surface area (Å²) in [5.41, 5.74) is 2.79. The molecule has 3 heteroatoms. The van der Waals surface area contributed by atoms with Gasteiger partial charge in [0, 0.05) is 31.4 Å². The van der Waals surface area contributed by atoms with Crippen molar-refractivity contribution in [1.29, 1.82) is 0 Å². The third-order valence-electron chi connectivity index (χ3n) is 3.91. The number of hydrogen-bond donors (Lipinski definition) is 1. The van der Waals surface area contributed by atoms with Gasteiger partial charge in [0.25, 0.3) is 0 Å². The molecule has 0 amide bonds. The lowest BCUT2D eigenvalue weighted by atomic mass is 10.1. The van der Waals surface area contributed by atoms with Crippen molar-refractivity contribution in [3.63, 3.8) is 0 Å². The highest BCUT2D eigenvalue weighted by Gasteiger charge is 2.25. The SMILES string of the molecule is C[C@@H]1CN(c2ccccc2CNC2CC2)C[C@@H](C)O1. The van der Waals surface area contributed by atoms with E-state index in [0.29, 0.717) is 12.2 Å². The number of ether oxygens (including phenoxy) is 1. The molecule has 2 fully saturated rings. The highest BCUT2D eigenvalue weighted by Crippen LogP contribution is 2.26. The molecule has 0 spiro atoms. The maximum atomic E-state index is 5.83. The van der Waals surface area contributed by atoms with Crippen molar-refractivity contribution < 1.29 is 4.74 Å². The molecular formula is C16H24N2O. The fourth-order valence-electron chi connectivity index (χ4n) is 2.89. The molecule has 1 heterocycles. The number of nitrogens with zero attached hydrogens (tertiary/aromatic N) is 1. The molecule has 0 aromatic heterocycles. The molecule has 1 saturated heterocycles. The highest BCUT2D eigenvalue weighted by molar-refractivity contribution is 5.54. The van der Waals surface area contributed by atoms with Crippen LogP contribution in [0.15, 0.2) is 24.3 Å². The summed E-state index contributed by atoms with van der Waals surface area (Å²) in [5.74, 6) is 0. The molecule has 104 valence electrons. The fourth-order valence-corrected chi connectivity index (χ4v) is 2.89. The third kappa shape index (κ3) is 3.28. The van der Waals surface area contributed by atoms with Gasteiger partial charge in [-0.3, -0.25) is 0 Å². The molecule has 3 rings (SSSR count). The average Bonchev–Trinajstić information content (AvgIpc) is 3.19. The molecule has 0 unspecified atom stereocenters. The molecule has 1 aliphatic carbocycles. The van der Waals surface area contributed by atoms with Crippen LogP contribution in [-0.4, -0.2) is 31.3 Å². The first-order chi connectivity index (χ1) is 9.22. The van der Waals surface area contributed by atoms with Crippen LogP contribution in [0.4, 0.5) is 5.69 Å². The maximum absolute atomic E-state index is 5.83. The van der Waals surface area contributed by atoms with Crippen LogP contribution in [-0.2, 0) is 11.3 Å². The van der Waals surface area contributed by atoms with E-state index in [4.69, 9.17) is 4.74 Å². The van der Waals surface area contributed by atoms with E-state index in [-0.39, 0.29) is 0 Å². The van der Waals surface area contributed by atoms with Gasteiger partial charge < -0.3 is 15.0 Å². The summed E-state index contributed by atoms with van der Waals surface area (Å²) in [7, 11) is 0. The third-order valence-corrected chi connectivity index (χ3v) is 3.91. The van der Waals surface area contributed by atoms with Gasteiger partial charge in [0.1, 0.15) is 0 Å². The minimum atomic E-state index is 0.313. The molecule has 1 aliphatic heterocycles. The highest BCUT2D eigenvalue weighted by atomic mass is 16.5. The van der Waals surface area contributed by atoms with Gasteiger partial charge in [-0.25, -0.2) is 0 Å². The van der Waals surface area contributed by atoms with Crippen LogP contribution in [0.5, 0.6) is 0 Å². The van der Waals surface area contributed by atoms with Crippen LogP contribution in [0.3, 0.4) is 0 Å². The van der Waals surface area contributed by atoms with Crippen LogP contribution in [0.25, 0.3) is 0 Å². The summed E-state index contributed by atoms with van der Waals surface area (Å²) in [5, 5.41) is 3.62. The summed E-state index contributed by atoms with van der Waals surface area (Å²) >= 11 is 0. The van der Waals surface area contributed by atoms with Crippen molar-refractivity contribution in [3.8, 4) is 0 Å². The average molecular weight is 260 g/mol. The van der Waals surface area contributed by atoms with E-state index in [1.807, 2.05) is 0 Å². The number of para-hydroxylation sites is 1. The normalized spacial score (nSPS) is 27.6. The first kappa shape index (κ1) is 12.9. The van der Waals surface area contributed by atoms with Gasteiger partial charge in [0.2, 0.25) is 0 Å². The number of morpholine rings is 1. The Hall–Kier alpha value is -1.06. The second-order valence-electron chi connectivity index (χ2n) is 5.95. The Bertz CT molecular complexity index is 421. The Balaban J connectivity index is 1.74. The molecular weight excluding hydrogens is 236 g/mol. The molecule has 19 heavy (non-hydrogen) atoms. The van der Waals surface area contributed by atoms with E-state index in [2.05, 4.69) is 48.3 Å². The van der Waals surface area contributed by atoms with E-state index >= 15 is 0 Å². The lowest BCUT2D eigenvalue weighted by Crippen LogP contribution is -2.46. The largest absolute Gasteiger partial charge is 0.372 e. The van der Waals surface area contributed by atoms with Gasteiger partial charge >= 0.3 is 0 Å². The van der Waals surface area contributed by atoms with Gasteiger partial charge in [-0.15, -0.1) is 0 Å². The Kier molecular flexibility index (Phi) is 3.76. The fraction of sp³-hybridized carbons (Fsp3) is 0.625. The van der Waals surface area contributed by atoms with E-state index < -0.39 is 0 Å². The van der Waals surface area contributed by atoms with Gasteiger partial charge in [-0.1, -0.05) is 18.2 Å². The zero-order chi connectivity index (χ0) is 13.2. The Labute approximate surface area is 115 Å². The Morgan fingerprint density at radius 3 is 2.53 bits per heavy atom. The molecule has 1 saturated carbocycles. The zero-order valence-corrected chi connectivity index (χ0v) is 11.9. The van der Waals surface area contributed by atoms with Gasteiger partial charge in [0.15, 0.2) is 0 Å². The predicted octanol–water partition coefficient (Wildman–Crippen LogP) is 2.55. The summed E-state index contributed by atoms with van der Waals surface area (Å²) < 4.78 is 5.83. The number of benzene rings is 1. The number of rotatable bonds is 4. The quantitative estimate of drug-likeness (QED) is 0.900. The van der Waals surface area contributed by atoms with Crippen LogP contribution in [0.1, 0.15) is 32.3 Å². The lowest BCUT2D eigenvalue weighted by Gasteiger charge is -2.37. The summed E-state index contributed by atoms with van der Waals surface area (Å²) in [6, 6.07) is 9.53. The summed E-state index contributed by atoms with van der Waals surface area (Å²) in [4.78, 5) is 2.47. The van der Waals surface area contributed by atoms with Crippen molar-refractivity contribution in [2.24, 2.45) is 0 Å². The molecule has 1 aromatic rings. The molecule has 3 nitrogen and oxygen atoms in total. The van der Waals surface area contributed by atoms with Crippen molar-refractivity contribution in [2.45, 2.75) is 51.5 Å². The topological polar surface area (TPSA) is 24.5 Å². The van der Waals surface area contributed by atoms with Crippen molar-refractivity contribution in [2.75, 3.05) is 18.0 Å². The molecule has 0 bridgehead atoms. The van der Waals surface area contributed by atoms with Crippen molar-refractivity contribution in [3.05, 3.63) is 29.8 Å². The van der Waals surface area contributed by atoms with Gasteiger partial charge in [0.05, 0.1) is 12.2 Å². The summed E-state index contributed by atoms with van der Waals surface area (Å²) in [6.07, 6.45) is 3.31. The lowest BCUT2D eigenvalue weighted by molar-refractivity contribution is -0.00526. The van der Waals surface area contributed by atoms with Crippen molar-refractivity contribution >= 4 is 5.69 Å². The molecule has 2 atom stereocenters. The molecule has 1 N–H and O–H groups in total. The molecule has 2 aliphatic rings. The van der Waals surface area contributed by atoms with E-state index in [1.54, 1.807) is 0 Å². The number of nitrogens with one attached hydrogen (secondary N) is 1. The van der Waals surface area contributed by atoms with E-state index in [1.165, 1.54) is 24.1 Å². The first-order valence-electron chi connectivity index (χ1n) is 7.44. The van der Waals surface area contributed by atoms with Crippen LogP contribution < -0.4 is 10.2 Å². The first-order valence-corrected chi connectivity index (χ1v) is 7.44. The Morgan fingerprint density at radius 1 is 1.16 bits per heavy atom. The molecule has 1 aromatic carbocycles. The molecule has 0 radical (unpaired) electrons. The maximum Gasteiger partial charge on any atom is 0.0726 e. The van der Waals surface area contributed by atoms with Crippen LogP contribution in [0, 0.1) is 0 Å². The van der Waals surface area contributed by atoms with E-state index in [9.17, 15) is 0 Å². The Morgan fingerprint density at radius 2 is 1.84 bits per heavy atom. The smallest absolute Gasteiger partial charge is 0.0726 e. The second-order valence-corrected chi connectivity index (χ2v) is 5.95. The minimum absolute atomic E-state index is 0.313. The van der Waals surface area contributed by atoms with Gasteiger partial charge in [-0.2, -0.15) is 0 Å². The van der Waals surface area contributed by atoms with Crippen LogP contribution >= 0.6 is 0 Å². The summed E-state index contributed by atoms with van der Waals surface area (Å²) in [6.45, 7) is 7.29. The monoisotopic (exact) mass is 260 g/mol.